The van der Waals surface area contributed by atoms with Crippen molar-refractivity contribution in [2.75, 3.05) is 0 Å². The van der Waals surface area contributed by atoms with Gasteiger partial charge in [-0.2, -0.15) is 15.4 Å². The van der Waals surface area contributed by atoms with E-state index in [1.807, 2.05) is 0 Å². The van der Waals surface area contributed by atoms with Gasteiger partial charge in [-0.3, -0.25) is 5.84 Å². The Hall–Kier alpha value is -1.20. The number of nitrogens with zero attached hydrogens (tertiary/aromatic N) is 2. The highest BCUT2D eigenvalue weighted by molar-refractivity contribution is 5.06. The first-order valence-electron chi connectivity index (χ1n) is 2.83. The molecule has 0 bridgehead atoms. The second-order valence-corrected chi connectivity index (χ2v) is 1.77. The van der Waals surface area contributed by atoms with Crippen LogP contribution in [0.4, 0.5) is 0 Å². The van der Waals surface area contributed by atoms with Crippen molar-refractivity contribution in [1.82, 2.24) is 20.8 Å². The molecular weight excluding hydrogens is 130 g/mol. The van der Waals surface area contributed by atoms with Crippen LogP contribution in [0, 0.1) is 0 Å². The molecule has 0 aromatic carbocycles. The Kier molecular flexibility index (Phi) is 2.14. The molecule has 0 spiro atoms. The molecule has 1 rings (SSSR count). The molecule has 0 aliphatic heterocycles. The zero-order chi connectivity index (χ0) is 7.40. The van der Waals surface area contributed by atoms with Crippen LogP contribution in [0.25, 0.3) is 0 Å². The molecule has 0 amide bonds. The van der Waals surface area contributed by atoms with E-state index in [2.05, 4.69) is 27.4 Å². The van der Waals surface area contributed by atoms with Crippen LogP contribution < -0.4 is 11.3 Å². The van der Waals surface area contributed by atoms with Gasteiger partial charge in [-0.25, -0.2) is 5.43 Å². The lowest BCUT2D eigenvalue weighted by atomic mass is 10.2. The molecule has 5 nitrogen and oxygen atoms in total. The molecule has 1 aromatic rings. The van der Waals surface area contributed by atoms with Gasteiger partial charge in [-0.15, -0.1) is 6.58 Å². The van der Waals surface area contributed by atoms with Crippen molar-refractivity contribution in [2.24, 2.45) is 5.84 Å². The Morgan fingerprint density at radius 3 is 3.10 bits per heavy atom. The third kappa shape index (κ3) is 1.20. The molecule has 54 valence electrons. The second kappa shape index (κ2) is 3.09. The van der Waals surface area contributed by atoms with E-state index in [1.165, 1.54) is 0 Å². The highest BCUT2D eigenvalue weighted by Gasteiger charge is 2.05. The van der Waals surface area contributed by atoms with E-state index in [9.17, 15) is 0 Å². The number of nitrogens with two attached hydrogens (primary N) is 1. The number of nitrogens with one attached hydrogen (secondary N) is 2. The van der Waals surface area contributed by atoms with E-state index >= 15 is 0 Å². The number of H-pyrrole nitrogens is 1. The number of hydrogen-bond acceptors (Lipinski definition) is 4. The smallest absolute Gasteiger partial charge is 0.105 e. The first-order chi connectivity index (χ1) is 4.88. The van der Waals surface area contributed by atoms with Crippen LogP contribution in [0.3, 0.4) is 0 Å². The van der Waals surface area contributed by atoms with Crippen LogP contribution in [-0.2, 0) is 0 Å². The summed E-state index contributed by atoms with van der Waals surface area (Å²) in [5.74, 6) is 5.17. The van der Waals surface area contributed by atoms with E-state index in [-0.39, 0.29) is 6.04 Å². The third-order valence-corrected chi connectivity index (χ3v) is 1.17. The predicted molar refractivity (Wildman–Crippen MR) is 36.6 cm³/mol. The molecule has 10 heavy (non-hydrogen) atoms. The SMILES string of the molecule is C=CC(NN)c1cn[nH]n1. The normalized spacial score (nSPS) is 12.9. The fourth-order valence-corrected chi connectivity index (χ4v) is 0.634. The van der Waals surface area contributed by atoms with Gasteiger partial charge in [0.2, 0.25) is 0 Å². The molecule has 0 aliphatic carbocycles. The minimum Gasteiger partial charge on any atom is -0.271 e. The van der Waals surface area contributed by atoms with Crippen molar-refractivity contribution < 1.29 is 0 Å². The molecule has 0 saturated carbocycles. The molecule has 4 N–H and O–H groups in total. The second-order valence-electron chi connectivity index (χ2n) is 1.77. The molecule has 0 radical (unpaired) electrons. The summed E-state index contributed by atoms with van der Waals surface area (Å²) < 4.78 is 0. The van der Waals surface area contributed by atoms with E-state index in [0.717, 1.165) is 5.69 Å². The Balaban J connectivity index is 2.73. The van der Waals surface area contributed by atoms with Crippen molar-refractivity contribution in [3.8, 4) is 0 Å². The summed E-state index contributed by atoms with van der Waals surface area (Å²) in [6.45, 7) is 3.56. The highest BCUT2D eigenvalue weighted by Crippen LogP contribution is 2.05. The van der Waals surface area contributed by atoms with Gasteiger partial charge in [0.25, 0.3) is 0 Å². The summed E-state index contributed by atoms with van der Waals surface area (Å²) in [4.78, 5) is 0. The topological polar surface area (TPSA) is 79.6 Å². The number of hydrogen-bond donors (Lipinski definition) is 3. The molecule has 0 aliphatic rings. The van der Waals surface area contributed by atoms with Crippen LogP contribution >= 0.6 is 0 Å². The summed E-state index contributed by atoms with van der Waals surface area (Å²) in [6, 6.07) is -0.126. The van der Waals surface area contributed by atoms with Gasteiger partial charge in [0, 0.05) is 0 Å². The largest absolute Gasteiger partial charge is 0.271 e. The number of aromatic amines is 1. The summed E-state index contributed by atoms with van der Waals surface area (Å²) >= 11 is 0. The van der Waals surface area contributed by atoms with Gasteiger partial charge in [-0.1, -0.05) is 6.08 Å². The standard InChI is InChI=1S/C5H9N5/c1-2-4(8-6)5-3-7-10-9-5/h2-4,8H,1,6H2,(H,7,9,10). The average Bonchev–Trinajstić information content (AvgIpc) is 2.43. The maximum absolute atomic E-state index is 5.17. The maximum Gasteiger partial charge on any atom is 0.105 e. The van der Waals surface area contributed by atoms with E-state index in [1.54, 1.807) is 12.3 Å². The van der Waals surface area contributed by atoms with Crippen molar-refractivity contribution in [1.29, 1.82) is 0 Å². The molecule has 1 heterocycles. The summed E-state index contributed by atoms with van der Waals surface area (Å²) in [5.41, 5.74) is 3.25. The molecule has 0 fully saturated rings. The molecule has 1 aromatic heterocycles. The van der Waals surface area contributed by atoms with Crippen LogP contribution in [0.5, 0.6) is 0 Å². The fourth-order valence-electron chi connectivity index (χ4n) is 0.634. The van der Waals surface area contributed by atoms with Gasteiger partial charge in [0.15, 0.2) is 0 Å². The molecule has 1 unspecified atom stereocenters. The Labute approximate surface area is 58.3 Å². The fraction of sp³-hybridized carbons (Fsp3) is 0.200. The van der Waals surface area contributed by atoms with Crippen LogP contribution in [0.15, 0.2) is 18.9 Å². The van der Waals surface area contributed by atoms with Gasteiger partial charge >= 0.3 is 0 Å². The Morgan fingerprint density at radius 1 is 1.90 bits per heavy atom. The minimum absolute atomic E-state index is 0.126. The zero-order valence-corrected chi connectivity index (χ0v) is 5.41. The number of hydrazine groups is 1. The molecular formula is C5H9N5. The predicted octanol–water partition coefficient (Wildman–Crippen LogP) is -0.505. The van der Waals surface area contributed by atoms with Crippen molar-refractivity contribution in [3.05, 3.63) is 24.5 Å². The lowest BCUT2D eigenvalue weighted by Crippen LogP contribution is -2.26. The third-order valence-electron chi connectivity index (χ3n) is 1.17. The number of aromatic nitrogens is 3. The summed E-state index contributed by atoms with van der Waals surface area (Å²) in [6.07, 6.45) is 3.24. The van der Waals surface area contributed by atoms with E-state index in [4.69, 9.17) is 5.84 Å². The van der Waals surface area contributed by atoms with E-state index < -0.39 is 0 Å². The molecule has 5 heteroatoms. The summed E-state index contributed by atoms with van der Waals surface area (Å²) in [5, 5.41) is 9.90. The zero-order valence-electron chi connectivity index (χ0n) is 5.41. The van der Waals surface area contributed by atoms with Crippen LogP contribution in [0.1, 0.15) is 11.7 Å². The molecule has 0 saturated heterocycles. The van der Waals surface area contributed by atoms with Crippen LogP contribution in [-0.4, -0.2) is 15.4 Å². The van der Waals surface area contributed by atoms with Gasteiger partial charge < -0.3 is 0 Å². The first kappa shape index (κ1) is 6.91. The van der Waals surface area contributed by atoms with Crippen molar-refractivity contribution in [2.45, 2.75) is 6.04 Å². The van der Waals surface area contributed by atoms with Crippen LogP contribution in [0.2, 0.25) is 0 Å². The lowest BCUT2D eigenvalue weighted by Gasteiger charge is -2.04. The van der Waals surface area contributed by atoms with Crippen molar-refractivity contribution >= 4 is 0 Å². The van der Waals surface area contributed by atoms with Gasteiger partial charge in [0.1, 0.15) is 5.69 Å². The van der Waals surface area contributed by atoms with Crippen molar-refractivity contribution in [3.63, 3.8) is 0 Å². The summed E-state index contributed by atoms with van der Waals surface area (Å²) in [7, 11) is 0. The minimum atomic E-state index is -0.126. The Bertz CT molecular complexity index is 192. The van der Waals surface area contributed by atoms with Gasteiger partial charge in [-0.05, 0) is 0 Å². The Morgan fingerprint density at radius 2 is 2.70 bits per heavy atom. The number of rotatable bonds is 3. The first-order valence-corrected chi connectivity index (χ1v) is 2.83. The quantitative estimate of drug-likeness (QED) is 0.299. The lowest BCUT2D eigenvalue weighted by molar-refractivity contribution is 0.637. The monoisotopic (exact) mass is 139 g/mol. The van der Waals surface area contributed by atoms with E-state index in [0.29, 0.717) is 0 Å². The maximum atomic E-state index is 5.17. The van der Waals surface area contributed by atoms with Gasteiger partial charge in [0.05, 0.1) is 12.2 Å². The molecule has 1 atom stereocenters. The average molecular weight is 139 g/mol. The highest BCUT2D eigenvalue weighted by atomic mass is 15.3.